The van der Waals surface area contributed by atoms with Crippen LogP contribution < -0.4 is 11.0 Å². The molecule has 6 nitrogen and oxygen atoms in total. The number of aromatic amines is 1. The maximum atomic E-state index is 13.5. The van der Waals surface area contributed by atoms with Crippen molar-refractivity contribution in [1.29, 1.82) is 0 Å². The van der Waals surface area contributed by atoms with Gasteiger partial charge in [-0.2, -0.15) is 0 Å². The number of aromatic nitrogens is 2. The molecule has 0 spiro atoms. The Hall–Kier alpha value is -3.29. The van der Waals surface area contributed by atoms with Gasteiger partial charge in [0.2, 0.25) is 5.43 Å². The van der Waals surface area contributed by atoms with E-state index in [-0.39, 0.29) is 11.0 Å². The highest BCUT2D eigenvalue weighted by atomic mass is 19.1. The van der Waals surface area contributed by atoms with Gasteiger partial charge in [0.1, 0.15) is 17.0 Å². The fourth-order valence-corrected chi connectivity index (χ4v) is 2.21. The van der Waals surface area contributed by atoms with Crippen molar-refractivity contribution in [3.05, 3.63) is 74.3 Å². The van der Waals surface area contributed by atoms with Crippen LogP contribution in [0.15, 0.2) is 46.1 Å². The van der Waals surface area contributed by atoms with Crippen LogP contribution in [0.4, 0.5) is 8.78 Å². The predicted molar refractivity (Wildman–Crippen MR) is 77.0 cm³/mol. The molecule has 0 unspecified atom stereocenters. The molecule has 0 saturated carbocycles. The van der Waals surface area contributed by atoms with E-state index in [0.717, 1.165) is 18.3 Å². The van der Waals surface area contributed by atoms with Crippen molar-refractivity contribution in [2.24, 2.45) is 0 Å². The number of H-pyrrole nitrogens is 1. The Labute approximate surface area is 126 Å². The van der Waals surface area contributed by atoms with Gasteiger partial charge in [0.15, 0.2) is 5.82 Å². The van der Waals surface area contributed by atoms with Crippen molar-refractivity contribution >= 4 is 17.0 Å². The lowest BCUT2D eigenvalue weighted by atomic mass is 10.1. The summed E-state index contributed by atoms with van der Waals surface area (Å²) in [5.41, 5.74) is -2.38. The average Bonchev–Trinajstić information content (AvgIpc) is 2.50. The number of pyridine rings is 2. The molecule has 3 aromatic rings. The largest absolute Gasteiger partial charge is 0.477 e. The van der Waals surface area contributed by atoms with Crippen LogP contribution in [0.3, 0.4) is 0 Å². The SMILES string of the molecule is O=C(O)c1cn(-c2ccc(F)cc2)c2[nH]c(=O)c(F)cc2c1=O. The lowest BCUT2D eigenvalue weighted by molar-refractivity contribution is 0.0695. The molecule has 0 aliphatic heterocycles. The molecule has 0 bridgehead atoms. The summed E-state index contributed by atoms with van der Waals surface area (Å²) in [6.45, 7) is 0. The number of hydrogen-bond acceptors (Lipinski definition) is 3. The zero-order valence-electron chi connectivity index (χ0n) is 11.3. The van der Waals surface area contributed by atoms with Crippen LogP contribution in [-0.4, -0.2) is 20.6 Å². The minimum absolute atomic E-state index is 0.0852. The molecule has 8 heteroatoms. The molecule has 2 N–H and O–H groups in total. The molecule has 0 saturated heterocycles. The van der Waals surface area contributed by atoms with E-state index < -0.39 is 34.2 Å². The number of carboxylic acid groups (broad SMARTS) is 1. The van der Waals surface area contributed by atoms with Crippen LogP contribution in [0.5, 0.6) is 0 Å². The number of nitrogens with zero attached hydrogens (tertiary/aromatic N) is 1. The molecule has 0 aliphatic carbocycles. The maximum Gasteiger partial charge on any atom is 0.341 e. The molecule has 3 rings (SSSR count). The summed E-state index contributed by atoms with van der Waals surface area (Å²) >= 11 is 0. The number of fused-ring (bicyclic) bond motifs is 1. The Bertz CT molecular complexity index is 1050. The number of aromatic carboxylic acids is 1. The van der Waals surface area contributed by atoms with E-state index in [9.17, 15) is 23.2 Å². The summed E-state index contributed by atoms with van der Waals surface area (Å²) in [5, 5.41) is 8.83. The lowest BCUT2D eigenvalue weighted by Gasteiger charge is -2.12. The second-order valence-corrected chi connectivity index (χ2v) is 4.73. The number of benzene rings is 1. The smallest absolute Gasteiger partial charge is 0.341 e. The summed E-state index contributed by atoms with van der Waals surface area (Å²) in [7, 11) is 0. The first-order valence-electron chi connectivity index (χ1n) is 6.36. The van der Waals surface area contributed by atoms with Crippen LogP contribution in [0.2, 0.25) is 0 Å². The molecule has 0 amide bonds. The fourth-order valence-electron chi connectivity index (χ4n) is 2.21. The van der Waals surface area contributed by atoms with Crippen LogP contribution >= 0.6 is 0 Å². The van der Waals surface area contributed by atoms with Gasteiger partial charge in [0.25, 0.3) is 5.56 Å². The van der Waals surface area contributed by atoms with Gasteiger partial charge in [0, 0.05) is 11.9 Å². The Morgan fingerprint density at radius 2 is 1.78 bits per heavy atom. The van der Waals surface area contributed by atoms with Crippen LogP contribution in [0.25, 0.3) is 16.7 Å². The van der Waals surface area contributed by atoms with Crippen molar-refractivity contribution in [3.63, 3.8) is 0 Å². The van der Waals surface area contributed by atoms with E-state index in [1.165, 1.54) is 16.7 Å². The second kappa shape index (κ2) is 5.16. The Morgan fingerprint density at radius 3 is 2.39 bits per heavy atom. The number of carboxylic acids is 1. The van der Waals surface area contributed by atoms with E-state index in [1.54, 1.807) is 0 Å². The highest BCUT2D eigenvalue weighted by Crippen LogP contribution is 2.16. The topological polar surface area (TPSA) is 92.2 Å². The minimum Gasteiger partial charge on any atom is -0.477 e. The van der Waals surface area contributed by atoms with Gasteiger partial charge in [0.05, 0.1) is 5.39 Å². The highest BCUT2D eigenvalue weighted by Gasteiger charge is 2.17. The molecular weight excluding hydrogens is 310 g/mol. The number of hydrogen-bond donors (Lipinski definition) is 2. The van der Waals surface area contributed by atoms with Crippen LogP contribution in [0, 0.1) is 11.6 Å². The Morgan fingerprint density at radius 1 is 1.13 bits per heavy atom. The lowest BCUT2D eigenvalue weighted by Crippen LogP contribution is -2.22. The second-order valence-electron chi connectivity index (χ2n) is 4.73. The monoisotopic (exact) mass is 318 g/mol. The third kappa shape index (κ3) is 2.39. The molecule has 1 aromatic carbocycles. The van der Waals surface area contributed by atoms with Gasteiger partial charge in [-0.1, -0.05) is 0 Å². The fraction of sp³-hybridized carbons (Fsp3) is 0. The third-order valence-electron chi connectivity index (χ3n) is 3.30. The van der Waals surface area contributed by atoms with Gasteiger partial charge in [-0.3, -0.25) is 9.59 Å². The molecule has 0 fully saturated rings. The third-order valence-corrected chi connectivity index (χ3v) is 3.30. The van der Waals surface area contributed by atoms with Gasteiger partial charge in [-0.05, 0) is 30.3 Å². The molecule has 23 heavy (non-hydrogen) atoms. The van der Waals surface area contributed by atoms with E-state index >= 15 is 0 Å². The van der Waals surface area contributed by atoms with Crippen LogP contribution in [-0.2, 0) is 0 Å². The van der Waals surface area contributed by atoms with Gasteiger partial charge >= 0.3 is 5.97 Å². The molecule has 0 aliphatic rings. The molecule has 2 aromatic heterocycles. The molecule has 116 valence electrons. The highest BCUT2D eigenvalue weighted by molar-refractivity contribution is 5.92. The zero-order chi connectivity index (χ0) is 16.7. The normalized spacial score (nSPS) is 10.9. The van der Waals surface area contributed by atoms with E-state index in [4.69, 9.17) is 5.11 Å². The first-order valence-corrected chi connectivity index (χ1v) is 6.36. The van der Waals surface area contributed by atoms with Crippen molar-refractivity contribution in [3.8, 4) is 5.69 Å². The first-order chi connectivity index (χ1) is 10.9. The molecule has 0 radical (unpaired) electrons. The molecule has 0 atom stereocenters. The van der Waals surface area contributed by atoms with Gasteiger partial charge < -0.3 is 14.7 Å². The summed E-state index contributed by atoms with van der Waals surface area (Å²) in [6, 6.07) is 5.59. The minimum atomic E-state index is -1.50. The standard InChI is InChI=1S/C15H8F2N2O4/c16-7-1-3-8(4-2-7)19-6-10(15(22)23)12(20)9-5-11(17)14(21)18-13(9)19/h1-6H,(H,18,21)(H,22,23). The van der Waals surface area contributed by atoms with Gasteiger partial charge in [-0.15, -0.1) is 0 Å². The zero-order valence-corrected chi connectivity index (χ0v) is 11.3. The van der Waals surface area contributed by atoms with Crippen molar-refractivity contribution in [2.45, 2.75) is 0 Å². The maximum absolute atomic E-state index is 13.5. The van der Waals surface area contributed by atoms with E-state index in [0.29, 0.717) is 11.8 Å². The number of carbonyl (C=O) groups is 1. The predicted octanol–water partition coefficient (Wildman–Crippen LogP) is 1.66. The van der Waals surface area contributed by atoms with E-state index in [2.05, 4.69) is 4.98 Å². The quantitative estimate of drug-likeness (QED) is 0.751. The van der Waals surface area contributed by atoms with Crippen molar-refractivity contribution < 1.29 is 18.7 Å². The summed E-state index contributed by atoms with van der Waals surface area (Å²) in [5.74, 6) is -3.22. The number of nitrogens with one attached hydrogen (secondary N) is 1. The number of rotatable bonds is 2. The van der Waals surface area contributed by atoms with Crippen molar-refractivity contribution in [2.75, 3.05) is 0 Å². The average molecular weight is 318 g/mol. The molecule has 2 heterocycles. The Balaban J connectivity index is 2.49. The summed E-state index contributed by atoms with van der Waals surface area (Å²) in [6.07, 6.45) is 0.994. The van der Waals surface area contributed by atoms with Crippen molar-refractivity contribution in [1.82, 2.24) is 9.55 Å². The summed E-state index contributed by atoms with van der Waals surface area (Å²) in [4.78, 5) is 37.0. The number of halogens is 2. The summed E-state index contributed by atoms with van der Waals surface area (Å²) < 4.78 is 27.7. The molecular formula is C15H8F2N2O4. The first kappa shape index (κ1) is 14.6. The van der Waals surface area contributed by atoms with Gasteiger partial charge in [-0.25, -0.2) is 13.6 Å². The van der Waals surface area contributed by atoms with Crippen LogP contribution in [0.1, 0.15) is 10.4 Å². The Kier molecular flexibility index (Phi) is 3.29. The van der Waals surface area contributed by atoms with E-state index in [1.807, 2.05) is 0 Å².